The summed E-state index contributed by atoms with van der Waals surface area (Å²) in [5.74, 6) is 0.425. The average molecular weight is 402 g/mol. The lowest BCUT2D eigenvalue weighted by Gasteiger charge is -2.18. The fourth-order valence-corrected chi connectivity index (χ4v) is 3.02. The van der Waals surface area contributed by atoms with Crippen molar-refractivity contribution < 1.29 is 14.3 Å². The minimum Gasteiger partial charge on any atom is -0.495 e. The summed E-state index contributed by atoms with van der Waals surface area (Å²) in [5, 5.41) is 6.32. The number of rotatable bonds is 6. The van der Waals surface area contributed by atoms with E-state index in [2.05, 4.69) is 27.2 Å². The molecule has 1 aromatic heterocycles. The van der Waals surface area contributed by atoms with Crippen molar-refractivity contribution in [2.45, 2.75) is 12.5 Å². The van der Waals surface area contributed by atoms with Crippen molar-refractivity contribution in [2.75, 3.05) is 30.8 Å². The van der Waals surface area contributed by atoms with Crippen molar-refractivity contribution in [3.8, 4) is 5.75 Å². The second kappa shape index (κ2) is 8.71. The number of nitrogens with one attached hydrogen (secondary N) is 2. The molecule has 2 N–H and O–H groups in total. The van der Waals surface area contributed by atoms with E-state index in [-0.39, 0.29) is 17.9 Å². The topological polar surface area (TPSA) is 96.5 Å². The quantitative estimate of drug-likeness (QED) is 0.722. The van der Waals surface area contributed by atoms with Gasteiger partial charge in [0.1, 0.15) is 5.75 Å². The van der Waals surface area contributed by atoms with Gasteiger partial charge in [-0.25, -0.2) is 9.97 Å². The molecule has 9 heteroatoms. The number of ether oxygens (including phenoxy) is 1. The Morgan fingerprint density at radius 1 is 1.36 bits per heavy atom. The molecule has 1 aliphatic rings. The number of aromatic nitrogens is 2. The Morgan fingerprint density at radius 3 is 2.79 bits per heavy atom. The van der Waals surface area contributed by atoms with Gasteiger partial charge in [0.05, 0.1) is 30.2 Å². The zero-order chi connectivity index (χ0) is 20.1. The Kier molecular flexibility index (Phi) is 6.10. The number of amides is 2. The van der Waals surface area contributed by atoms with Crippen LogP contribution in [0.25, 0.3) is 0 Å². The third-order valence-electron chi connectivity index (χ3n) is 4.32. The van der Waals surface area contributed by atoms with Crippen LogP contribution in [0.4, 0.5) is 11.6 Å². The molecule has 1 unspecified atom stereocenters. The fraction of sp³-hybridized carbons (Fsp3) is 0.263. The maximum atomic E-state index is 12.8. The first-order valence-electron chi connectivity index (χ1n) is 8.65. The SMILES string of the molecule is C=CC(=O)Nc1ccc(C(=O)N2CCC(Nc3ncc(Cl)cn3)C2)cc1OC. The molecule has 0 spiro atoms. The summed E-state index contributed by atoms with van der Waals surface area (Å²) in [6, 6.07) is 4.97. The summed E-state index contributed by atoms with van der Waals surface area (Å²) in [6.45, 7) is 4.56. The molecule has 2 heterocycles. The number of benzene rings is 1. The number of halogens is 1. The standard InChI is InChI=1S/C19H20ClN5O3/c1-3-17(26)24-15-5-4-12(8-16(15)28-2)18(27)25-7-6-14(11-25)23-19-21-9-13(20)10-22-19/h3-5,8-10,14H,1,6-7,11H2,2H3,(H,24,26)(H,21,22,23). The van der Waals surface area contributed by atoms with Gasteiger partial charge in [-0.3, -0.25) is 9.59 Å². The maximum absolute atomic E-state index is 12.8. The van der Waals surface area contributed by atoms with E-state index in [0.717, 1.165) is 6.42 Å². The summed E-state index contributed by atoms with van der Waals surface area (Å²) >= 11 is 5.79. The summed E-state index contributed by atoms with van der Waals surface area (Å²) in [6.07, 6.45) is 4.99. The molecule has 146 valence electrons. The van der Waals surface area contributed by atoms with E-state index >= 15 is 0 Å². The monoisotopic (exact) mass is 401 g/mol. The van der Waals surface area contributed by atoms with Crippen LogP contribution in [0.5, 0.6) is 5.75 Å². The van der Waals surface area contributed by atoms with E-state index in [0.29, 0.717) is 41.1 Å². The lowest BCUT2D eigenvalue weighted by atomic mass is 10.1. The summed E-state index contributed by atoms with van der Waals surface area (Å²) in [4.78, 5) is 34.3. The van der Waals surface area contributed by atoms with E-state index in [9.17, 15) is 9.59 Å². The number of carbonyl (C=O) groups is 2. The van der Waals surface area contributed by atoms with E-state index in [1.807, 2.05) is 0 Å². The first-order valence-corrected chi connectivity index (χ1v) is 9.02. The van der Waals surface area contributed by atoms with E-state index in [1.54, 1.807) is 23.1 Å². The second-order valence-electron chi connectivity index (χ2n) is 6.21. The van der Waals surface area contributed by atoms with Gasteiger partial charge in [-0.2, -0.15) is 0 Å². The van der Waals surface area contributed by atoms with Crippen LogP contribution < -0.4 is 15.4 Å². The molecule has 2 aromatic rings. The lowest BCUT2D eigenvalue weighted by molar-refractivity contribution is -0.111. The summed E-state index contributed by atoms with van der Waals surface area (Å²) < 4.78 is 5.29. The molecule has 8 nitrogen and oxygen atoms in total. The molecule has 0 radical (unpaired) electrons. The van der Waals surface area contributed by atoms with Crippen LogP contribution in [-0.2, 0) is 4.79 Å². The van der Waals surface area contributed by atoms with Gasteiger partial charge in [-0.15, -0.1) is 0 Å². The minimum atomic E-state index is -0.352. The number of carbonyl (C=O) groups excluding carboxylic acids is 2. The molecule has 2 amide bonds. The van der Waals surface area contributed by atoms with Gasteiger partial charge in [0.25, 0.3) is 5.91 Å². The number of anilines is 2. The Hall–Kier alpha value is -3.13. The van der Waals surface area contributed by atoms with Crippen molar-refractivity contribution in [1.82, 2.24) is 14.9 Å². The van der Waals surface area contributed by atoms with Crippen molar-refractivity contribution in [3.05, 3.63) is 53.8 Å². The zero-order valence-corrected chi connectivity index (χ0v) is 16.1. The minimum absolute atomic E-state index is 0.0539. The molecule has 1 aromatic carbocycles. The van der Waals surface area contributed by atoms with Gasteiger partial charge in [-0.1, -0.05) is 18.2 Å². The molecular formula is C19H20ClN5O3. The normalized spacial score (nSPS) is 15.8. The zero-order valence-electron chi connectivity index (χ0n) is 15.3. The Bertz CT molecular complexity index is 888. The van der Waals surface area contributed by atoms with Crippen LogP contribution in [0.3, 0.4) is 0 Å². The molecule has 3 rings (SSSR count). The van der Waals surface area contributed by atoms with Crippen LogP contribution in [0.2, 0.25) is 5.02 Å². The number of likely N-dealkylation sites (tertiary alicyclic amines) is 1. The predicted molar refractivity (Wildman–Crippen MR) is 107 cm³/mol. The predicted octanol–water partition coefficient (Wildman–Crippen LogP) is 2.59. The third-order valence-corrected chi connectivity index (χ3v) is 4.52. The number of hydrogen-bond donors (Lipinski definition) is 2. The lowest BCUT2D eigenvalue weighted by Crippen LogP contribution is -2.31. The Balaban J connectivity index is 1.66. The van der Waals surface area contributed by atoms with Crippen LogP contribution in [0, 0.1) is 0 Å². The molecular weight excluding hydrogens is 382 g/mol. The highest BCUT2D eigenvalue weighted by atomic mass is 35.5. The molecule has 0 bridgehead atoms. The van der Waals surface area contributed by atoms with Crippen LogP contribution in [0.15, 0.2) is 43.2 Å². The van der Waals surface area contributed by atoms with Crippen molar-refractivity contribution in [3.63, 3.8) is 0 Å². The summed E-state index contributed by atoms with van der Waals surface area (Å²) in [5.41, 5.74) is 0.960. The number of nitrogens with zero attached hydrogens (tertiary/aromatic N) is 3. The van der Waals surface area contributed by atoms with Gasteiger partial charge < -0.3 is 20.3 Å². The largest absolute Gasteiger partial charge is 0.495 e. The van der Waals surface area contributed by atoms with Gasteiger partial charge in [0.2, 0.25) is 11.9 Å². The van der Waals surface area contributed by atoms with Gasteiger partial charge in [0.15, 0.2) is 0 Å². The highest BCUT2D eigenvalue weighted by Gasteiger charge is 2.28. The van der Waals surface area contributed by atoms with Crippen molar-refractivity contribution >= 4 is 35.1 Å². The smallest absolute Gasteiger partial charge is 0.254 e. The molecule has 0 aliphatic carbocycles. The van der Waals surface area contributed by atoms with Crippen LogP contribution in [-0.4, -0.2) is 52.9 Å². The molecule has 1 aliphatic heterocycles. The number of hydrogen-bond acceptors (Lipinski definition) is 6. The first kappa shape index (κ1) is 19.6. The molecule has 0 saturated carbocycles. The van der Waals surface area contributed by atoms with E-state index in [4.69, 9.17) is 16.3 Å². The Morgan fingerprint density at radius 2 is 2.11 bits per heavy atom. The third kappa shape index (κ3) is 4.58. The average Bonchev–Trinajstić information content (AvgIpc) is 3.17. The van der Waals surface area contributed by atoms with E-state index in [1.165, 1.54) is 25.6 Å². The number of methoxy groups -OCH3 is 1. The second-order valence-corrected chi connectivity index (χ2v) is 6.65. The van der Waals surface area contributed by atoms with Crippen molar-refractivity contribution in [2.24, 2.45) is 0 Å². The van der Waals surface area contributed by atoms with Crippen molar-refractivity contribution in [1.29, 1.82) is 0 Å². The molecule has 1 saturated heterocycles. The van der Waals surface area contributed by atoms with Gasteiger partial charge in [-0.05, 0) is 30.7 Å². The van der Waals surface area contributed by atoms with Gasteiger partial charge in [0, 0.05) is 24.7 Å². The molecule has 1 atom stereocenters. The highest BCUT2D eigenvalue weighted by molar-refractivity contribution is 6.30. The Labute approximate surface area is 167 Å². The van der Waals surface area contributed by atoms with E-state index < -0.39 is 0 Å². The maximum Gasteiger partial charge on any atom is 0.254 e. The fourth-order valence-electron chi connectivity index (χ4n) is 2.93. The van der Waals surface area contributed by atoms with Gasteiger partial charge >= 0.3 is 0 Å². The molecule has 28 heavy (non-hydrogen) atoms. The summed E-state index contributed by atoms with van der Waals surface area (Å²) in [7, 11) is 1.48. The highest BCUT2D eigenvalue weighted by Crippen LogP contribution is 2.27. The van der Waals surface area contributed by atoms with Crippen LogP contribution in [0.1, 0.15) is 16.8 Å². The van der Waals surface area contributed by atoms with Crippen LogP contribution >= 0.6 is 11.6 Å². The first-order chi connectivity index (χ1) is 13.5. The molecule has 1 fully saturated rings.